The maximum absolute atomic E-state index is 12.4. The highest BCUT2D eigenvalue weighted by Crippen LogP contribution is 2.23. The van der Waals surface area contributed by atoms with Gasteiger partial charge in [-0.25, -0.2) is 13.1 Å². The van der Waals surface area contributed by atoms with Crippen molar-refractivity contribution in [2.75, 3.05) is 31.1 Å². The first-order chi connectivity index (χ1) is 11.1. The minimum absolute atomic E-state index is 0.100. The topological polar surface area (TPSA) is 78.5 Å². The SMILES string of the molecule is O=C1CCCN1c1ccc(S(=O)(=O)NCC2CCCNC2)cc1. The summed E-state index contributed by atoms with van der Waals surface area (Å²) in [5, 5.41) is 3.28. The van der Waals surface area contributed by atoms with E-state index in [1.807, 2.05) is 0 Å². The minimum atomic E-state index is -3.49. The van der Waals surface area contributed by atoms with Crippen LogP contribution in [-0.2, 0) is 14.8 Å². The number of rotatable bonds is 5. The van der Waals surface area contributed by atoms with E-state index in [1.165, 1.54) is 0 Å². The van der Waals surface area contributed by atoms with Gasteiger partial charge >= 0.3 is 0 Å². The highest BCUT2D eigenvalue weighted by Gasteiger charge is 2.23. The van der Waals surface area contributed by atoms with E-state index in [2.05, 4.69) is 10.0 Å². The molecule has 3 rings (SSSR count). The van der Waals surface area contributed by atoms with Crippen LogP contribution in [0.1, 0.15) is 25.7 Å². The fourth-order valence-electron chi connectivity index (χ4n) is 3.14. The number of benzene rings is 1. The van der Waals surface area contributed by atoms with Crippen LogP contribution in [0, 0.1) is 5.92 Å². The number of nitrogens with one attached hydrogen (secondary N) is 2. The van der Waals surface area contributed by atoms with Crippen molar-refractivity contribution in [2.45, 2.75) is 30.6 Å². The number of hydrogen-bond acceptors (Lipinski definition) is 4. The molecule has 1 amide bonds. The Labute approximate surface area is 137 Å². The van der Waals surface area contributed by atoms with Crippen molar-refractivity contribution >= 4 is 21.6 Å². The maximum atomic E-state index is 12.4. The molecule has 0 bridgehead atoms. The molecular formula is C16H23N3O3S. The van der Waals surface area contributed by atoms with Gasteiger partial charge in [-0.15, -0.1) is 0 Å². The molecule has 2 N–H and O–H groups in total. The minimum Gasteiger partial charge on any atom is -0.316 e. The molecule has 23 heavy (non-hydrogen) atoms. The van der Waals surface area contributed by atoms with Crippen LogP contribution in [0.3, 0.4) is 0 Å². The monoisotopic (exact) mass is 337 g/mol. The predicted molar refractivity (Wildman–Crippen MR) is 88.8 cm³/mol. The lowest BCUT2D eigenvalue weighted by molar-refractivity contribution is -0.117. The van der Waals surface area contributed by atoms with Gasteiger partial charge in [0.25, 0.3) is 0 Å². The summed E-state index contributed by atoms with van der Waals surface area (Å²) >= 11 is 0. The van der Waals surface area contributed by atoms with Gasteiger partial charge in [-0.1, -0.05) is 0 Å². The molecule has 2 saturated heterocycles. The fourth-order valence-corrected chi connectivity index (χ4v) is 4.25. The second-order valence-corrected chi connectivity index (χ2v) is 7.97. The zero-order valence-electron chi connectivity index (χ0n) is 13.1. The Bertz CT molecular complexity index is 652. The molecule has 1 unspecified atom stereocenters. The number of amides is 1. The van der Waals surface area contributed by atoms with Crippen LogP contribution >= 0.6 is 0 Å². The summed E-state index contributed by atoms with van der Waals surface area (Å²) in [5.74, 6) is 0.448. The van der Waals surface area contributed by atoms with E-state index in [9.17, 15) is 13.2 Å². The molecule has 1 atom stereocenters. The summed E-state index contributed by atoms with van der Waals surface area (Å²) in [6, 6.07) is 6.56. The lowest BCUT2D eigenvalue weighted by atomic mass is 10.0. The molecule has 7 heteroatoms. The van der Waals surface area contributed by atoms with Crippen molar-refractivity contribution in [1.29, 1.82) is 0 Å². The summed E-state index contributed by atoms with van der Waals surface area (Å²) in [4.78, 5) is 13.7. The number of carbonyl (C=O) groups is 1. The van der Waals surface area contributed by atoms with Gasteiger partial charge in [-0.3, -0.25) is 4.79 Å². The number of carbonyl (C=O) groups excluding carboxylic acids is 1. The second kappa shape index (κ2) is 6.98. The van der Waals surface area contributed by atoms with E-state index in [0.29, 0.717) is 25.4 Å². The third-order valence-electron chi connectivity index (χ3n) is 4.49. The second-order valence-electron chi connectivity index (χ2n) is 6.21. The van der Waals surface area contributed by atoms with Gasteiger partial charge in [0.1, 0.15) is 0 Å². The van der Waals surface area contributed by atoms with Crippen molar-refractivity contribution in [2.24, 2.45) is 5.92 Å². The van der Waals surface area contributed by atoms with Gasteiger partial charge in [0, 0.05) is 25.2 Å². The molecule has 1 aromatic rings. The molecule has 2 aliphatic rings. The standard InChI is InChI=1S/C16H23N3O3S/c20-16-4-2-10-19(16)14-5-7-15(8-6-14)23(21,22)18-12-13-3-1-9-17-11-13/h5-8,13,17-18H,1-4,9-12H2. The smallest absolute Gasteiger partial charge is 0.240 e. The van der Waals surface area contributed by atoms with Crippen LogP contribution in [-0.4, -0.2) is 40.5 Å². The number of anilines is 1. The first kappa shape index (κ1) is 16.4. The molecule has 0 spiro atoms. The average molecular weight is 337 g/mol. The van der Waals surface area contributed by atoms with E-state index < -0.39 is 10.0 Å². The fraction of sp³-hybridized carbons (Fsp3) is 0.562. The van der Waals surface area contributed by atoms with Gasteiger partial charge in [-0.05, 0) is 62.5 Å². The van der Waals surface area contributed by atoms with Gasteiger partial charge in [0.2, 0.25) is 15.9 Å². The Hall–Kier alpha value is -1.44. The van der Waals surface area contributed by atoms with Crippen LogP contribution in [0.15, 0.2) is 29.2 Å². The number of nitrogens with zero attached hydrogens (tertiary/aromatic N) is 1. The Morgan fingerprint density at radius 2 is 2.00 bits per heavy atom. The number of sulfonamides is 1. The highest BCUT2D eigenvalue weighted by atomic mass is 32.2. The van der Waals surface area contributed by atoms with Gasteiger partial charge in [0.05, 0.1) is 4.90 Å². The van der Waals surface area contributed by atoms with Gasteiger partial charge in [0.15, 0.2) is 0 Å². The Kier molecular flexibility index (Phi) is 4.99. The van der Waals surface area contributed by atoms with Crippen molar-refractivity contribution in [3.63, 3.8) is 0 Å². The highest BCUT2D eigenvalue weighted by molar-refractivity contribution is 7.89. The molecule has 2 fully saturated rings. The van der Waals surface area contributed by atoms with Crippen LogP contribution in [0.2, 0.25) is 0 Å². The summed E-state index contributed by atoms with van der Waals surface area (Å²) in [5.41, 5.74) is 0.767. The Balaban J connectivity index is 1.64. The molecule has 2 aliphatic heterocycles. The van der Waals surface area contributed by atoms with Crippen LogP contribution < -0.4 is 14.9 Å². The van der Waals surface area contributed by atoms with Crippen molar-refractivity contribution in [3.05, 3.63) is 24.3 Å². The molecule has 6 nitrogen and oxygen atoms in total. The lowest BCUT2D eigenvalue weighted by Crippen LogP contribution is -2.38. The van der Waals surface area contributed by atoms with E-state index in [4.69, 9.17) is 0 Å². The van der Waals surface area contributed by atoms with Crippen LogP contribution in [0.25, 0.3) is 0 Å². The third kappa shape index (κ3) is 3.91. The predicted octanol–water partition coefficient (Wildman–Crippen LogP) is 1.09. The molecule has 2 heterocycles. The number of piperidine rings is 1. The van der Waals surface area contributed by atoms with E-state index in [1.54, 1.807) is 29.2 Å². The molecule has 0 radical (unpaired) electrons. The molecule has 0 aromatic heterocycles. The largest absolute Gasteiger partial charge is 0.316 e. The van der Waals surface area contributed by atoms with Gasteiger partial charge in [-0.2, -0.15) is 0 Å². The lowest BCUT2D eigenvalue weighted by Gasteiger charge is -2.23. The molecular weight excluding hydrogens is 314 g/mol. The van der Waals surface area contributed by atoms with Crippen LogP contribution in [0.4, 0.5) is 5.69 Å². The zero-order chi connectivity index (χ0) is 16.3. The summed E-state index contributed by atoms with van der Waals surface area (Å²) in [6.45, 7) is 3.04. The van der Waals surface area contributed by atoms with Crippen molar-refractivity contribution in [1.82, 2.24) is 10.0 Å². The first-order valence-electron chi connectivity index (χ1n) is 8.17. The van der Waals surface area contributed by atoms with Crippen LogP contribution in [0.5, 0.6) is 0 Å². The van der Waals surface area contributed by atoms with E-state index in [-0.39, 0.29) is 10.8 Å². The quantitative estimate of drug-likeness (QED) is 0.843. The summed E-state index contributed by atoms with van der Waals surface area (Å²) < 4.78 is 27.4. The summed E-state index contributed by atoms with van der Waals surface area (Å²) in [6.07, 6.45) is 3.56. The Morgan fingerprint density at radius 3 is 2.61 bits per heavy atom. The third-order valence-corrected chi connectivity index (χ3v) is 5.93. The van der Waals surface area contributed by atoms with Crippen molar-refractivity contribution in [3.8, 4) is 0 Å². The van der Waals surface area contributed by atoms with E-state index >= 15 is 0 Å². The average Bonchev–Trinajstić information content (AvgIpc) is 3.00. The normalized spacial score (nSPS) is 22.5. The number of hydrogen-bond donors (Lipinski definition) is 2. The molecule has 126 valence electrons. The zero-order valence-corrected chi connectivity index (χ0v) is 13.9. The molecule has 1 aromatic carbocycles. The van der Waals surface area contributed by atoms with E-state index in [0.717, 1.165) is 38.0 Å². The molecule has 0 saturated carbocycles. The first-order valence-corrected chi connectivity index (χ1v) is 9.65. The Morgan fingerprint density at radius 1 is 1.22 bits per heavy atom. The maximum Gasteiger partial charge on any atom is 0.240 e. The van der Waals surface area contributed by atoms with Gasteiger partial charge < -0.3 is 10.2 Å². The van der Waals surface area contributed by atoms with Crippen molar-refractivity contribution < 1.29 is 13.2 Å². The summed E-state index contributed by atoms with van der Waals surface area (Å²) in [7, 11) is -3.49. The molecule has 0 aliphatic carbocycles.